The molecule has 1 atom stereocenters. The molecule has 6 nitrogen and oxygen atoms in total. The first kappa shape index (κ1) is 14.2. The highest BCUT2D eigenvalue weighted by molar-refractivity contribution is 7.91. The van der Waals surface area contributed by atoms with E-state index in [1.54, 1.807) is 0 Å². The molecule has 0 fully saturated rings. The first-order chi connectivity index (χ1) is 7.86. The Balaban J connectivity index is 2.73. The Morgan fingerprint density at radius 3 is 2.76 bits per heavy atom. The van der Waals surface area contributed by atoms with Crippen molar-refractivity contribution < 1.29 is 13.5 Å². The number of aliphatic hydroxyl groups is 1. The lowest BCUT2D eigenvalue weighted by Crippen LogP contribution is -2.13. The number of nitrogens with one attached hydrogen (secondary N) is 1. The summed E-state index contributed by atoms with van der Waals surface area (Å²) in [7, 11) is -3.38. The van der Waals surface area contributed by atoms with E-state index in [-0.39, 0.29) is 16.8 Å². The van der Waals surface area contributed by atoms with Crippen LogP contribution in [0.3, 0.4) is 0 Å². The first-order valence-electron chi connectivity index (χ1n) is 5.23. The van der Waals surface area contributed by atoms with Crippen molar-refractivity contribution in [1.82, 2.24) is 4.37 Å². The molecule has 0 aliphatic rings. The second-order valence-corrected chi connectivity index (χ2v) is 6.50. The number of nitrogens with zero attached hydrogens (tertiary/aromatic N) is 1. The molecular weight excluding hydrogens is 262 g/mol. The summed E-state index contributed by atoms with van der Waals surface area (Å²) in [5, 5.41) is 12.8. The van der Waals surface area contributed by atoms with Crippen LogP contribution in [0.4, 0.5) is 10.8 Å². The van der Waals surface area contributed by atoms with E-state index in [4.69, 9.17) is 5.73 Å². The van der Waals surface area contributed by atoms with Crippen LogP contribution in [0, 0.1) is 0 Å². The van der Waals surface area contributed by atoms with Gasteiger partial charge in [-0.25, -0.2) is 8.42 Å². The fourth-order valence-electron chi connectivity index (χ4n) is 1.32. The molecule has 0 aliphatic heterocycles. The molecule has 0 radical (unpaired) electrons. The van der Waals surface area contributed by atoms with Crippen LogP contribution in [0.2, 0.25) is 0 Å². The lowest BCUT2D eigenvalue weighted by molar-refractivity contribution is 0.164. The molecule has 0 bridgehead atoms. The number of hydrogen-bond acceptors (Lipinski definition) is 7. The van der Waals surface area contributed by atoms with Gasteiger partial charge in [-0.05, 0) is 24.4 Å². The molecule has 0 saturated heterocycles. The highest BCUT2D eigenvalue weighted by Crippen LogP contribution is 2.31. The topological polar surface area (TPSA) is 105 Å². The highest BCUT2D eigenvalue weighted by atomic mass is 32.2. The van der Waals surface area contributed by atoms with Gasteiger partial charge in [0.15, 0.2) is 15.7 Å². The zero-order valence-electron chi connectivity index (χ0n) is 9.80. The molecule has 0 spiro atoms. The molecule has 17 heavy (non-hydrogen) atoms. The standard InChI is InChI=1S/C9H17N3O3S2/c1-3-6(13)4-5-11-9-7(17(2,14)15)8(10)12-16-9/h6,11,13H,3-5H2,1-2H3,(H2,10,12). The van der Waals surface area contributed by atoms with Crippen molar-refractivity contribution in [2.45, 2.75) is 30.8 Å². The Bertz CT molecular complexity index is 470. The van der Waals surface area contributed by atoms with E-state index in [2.05, 4.69) is 9.69 Å². The number of anilines is 2. The van der Waals surface area contributed by atoms with E-state index >= 15 is 0 Å². The van der Waals surface area contributed by atoms with E-state index in [9.17, 15) is 13.5 Å². The van der Waals surface area contributed by atoms with Crippen molar-refractivity contribution >= 4 is 32.2 Å². The maximum absolute atomic E-state index is 11.5. The van der Waals surface area contributed by atoms with Crippen LogP contribution in [-0.2, 0) is 9.84 Å². The molecule has 1 aromatic rings. The molecule has 1 heterocycles. The van der Waals surface area contributed by atoms with Gasteiger partial charge in [0.2, 0.25) is 0 Å². The predicted molar refractivity (Wildman–Crippen MR) is 69.0 cm³/mol. The third-order valence-electron chi connectivity index (χ3n) is 2.28. The molecular formula is C9H17N3O3S2. The summed E-state index contributed by atoms with van der Waals surface area (Å²) in [6.07, 6.45) is 1.94. The zero-order chi connectivity index (χ0) is 13.1. The van der Waals surface area contributed by atoms with Crippen molar-refractivity contribution in [2.24, 2.45) is 0 Å². The second kappa shape index (κ2) is 5.65. The van der Waals surface area contributed by atoms with E-state index < -0.39 is 9.84 Å². The van der Waals surface area contributed by atoms with Gasteiger partial charge in [0, 0.05) is 12.8 Å². The van der Waals surface area contributed by atoms with Crippen LogP contribution in [0.25, 0.3) is 0 Å². The molecule has 1 rings (SSSR count). The van der Waals surface area contributed by atoms with Gasteiger partial charge < -0.3 is 16.2 Å². The maximum atomic E-state index is 11.5. The Morgan fingerprint density at radius 2 is 2.24 bits per heavy atom. The molecule has 1 aromatic heterocycles. The van der Waals surface area contributed by atoms with Crippen LogP contribution < -0.4 is 11.1 Å². The number of sulfone groups is 1. The molecule has 8 heteroatoms. The highest BCUT2D eigenvalue weighted by Gasteiger charge is 2.20. The van der Waals surface area contributed by atoms with Gasteiger partial charge in [-0.1, -0.05) is 6.92 Å². The fraction of sp³-hybridized carbons (Fsp3) is 0.667. The number of nitrogens with two attached hydrogens (primary N) is 1. The largest absolute Gasteiger partial charge is 0.393 e. The minimum absolute atomic E-state index is 0.0241. The zero-order valence-corrected chi connectivity index (χ0v) is 11.4. The van der Waals surface area contributed by atoms with Crippen molar-refractivity contribution in [3.8, 4) is 0 Å². The van der Waals surface area contributed by atoms with Crippen molar-refractivity contribution in [3.63, 3.8) is 0 Å². The average molecular weight is 279 g/mol. The van der Waals surface area contributed by atoms with Gasteiger partial charge in [-0.15, -0.1) is 0 Å². The van der Waals surface area contributed by atoms with Gasteiger partial charge in [0.05, 0.1) is 6.10 Å². The smallest absolute Gasteiger partial charge is 0.182 e. The summed E-state index contributed by atoms with van der Waals surface area (Å²) in [5.74, 6) is 0.0241. The monoisotopic (exact) mass is 279 g/mol. The second-order valence-electron chi connectivity index (χ2n) is 3.78. The summed E-state index contributed by atoms with van der Waals surface area (Å²) in [6, 6.07) is 0. The summed E-state index contributed by atoms with van der Waals surface area (Å²) < 4.78 is 26.8. The van der Waals surface area contributed by atoms with Gasteiger partial charge in [-0.2, -0.15) is 4.37 Å². The number of nitrogen functional groups attached to an aromatic ring is 1. The molecule has 98 valence electrons. The van der Waals surface area contributed by atoms with Gasteiger partial charge in [0.1, 0.15) is 9.90 Å². The fourth-order valence-corrected chi connectivity index (χ4v) is 3.41. The maximum Gasteiger partial charge on any atom is 0.182 e. The number of hydrogen-bond donors (Lipinski definition) is 3. The molecule has 0 aromatic carbocycles. The third kappa shape index (κ3) is 3.83. The molecule has 0 aliphatic carbocycles. The third-order valence-corrected chi connectivity index (χ3v) is 4.38. The lowest BCUT2D eigenvalue weighted by atomic mass is 10.2. The number of aliphatic hydroxyl groups excluding tert-OH is 1. The summed E-state index contributed by atoms with van der Waals surface area (Å²) in [4.78, 5) is 0.0495. The van der Waals surface area contributed by atoms with Crippen molar-refractivity contribution in [1.29, 1.82) is 0 Å². The van der Waals surface area contributed by atoms with Gasteiger partial charge in [-0.3, -0.25) is 0 Å². The summed E-state index contributed by atoms with van der Waals surface area (Å²) in [6.45, 7) is 2.37. The SMILES string of the molecule is CCC(O)CCNc1snc(N)c1S(C)(=O)=O. The Hall–Kier alpha value is -0.860. The summed E-state index contributed by atoms with van der Waals surface area (Å²) >= 11 is 1.02. The van der Waals surface area contributed by atoms with E-state index in [0.717, 1.165) is 17.8 Å². The van der Waals surface area contributed by atoms with Crippen LogP contribution >= 0.6 is 11.5 Å². The van der Waals surface area contributed by atoms with Crippen LogP contribution in [0.5, 0.6) is 0 Å². The lowest BCUT2D eigenvalue weighted by Gasteiger charge is -2.09. The van der Waals surface area contributed by atoms with E-state index in [0.29, 0.717) is 24.4 Å². The number of rotatable bonds is 6. The van der Waals surface area contributed by atoms with Crippen LogP contribution in [-0.4, -0.2) is 36.8 Å². The molecule has 0 saturated carbocycles. The van der Waals surface area contributed by atoms with E-state index in [1.807, 2.05) is 6.92 Å². The minimum Gasteiger partial charge on any atom is -0.393 e. The Kier molecular flexibility index (Phi) is 4.72. The normalized spacial score (nSPS) is 13.6. The van der Waals surface area contributed by atoms with Gasteiger partial charge in [0.25, 0.3) is 0 Å². The molecule has 4 N–H and O–H groups in total. The van der Waals surface area contributed by atoms with E-state index in [1.165, 1.54) is 0 Å². The van der Waals surface area contributed by atoms with Crippen molar-refractivity contribution in [2.75, 3.05) is 23.9 Å². The average Bonchev–Trinajstić information content (AvgIpc) is 2.59. The Labute approximate surface area is 105 Å². The number of aromatic nitrogens is 1. The Morgan fingerprint density at radius 1 is 1.59 bits per heavy atom. The van der Waals surface area contributed by atoms with Crippen LogP contribution in [0.15, 0.2) is 4.90 Å². The molecule has 0 amide bonds. The molecule has 1 unspecified atom stereocenters. The van der Waals surface area contributed by atoms with Crippen molar-refractivity contribution in [3.05, 3.63) is 0 Å². The summed E-state index contributed by atoms with van der Waals surface area (Å²) in [5.41, 5.74) is 5.52. The van der Waals surface area contributed by atoms with Gasteiger partial charge >= 0.3 is 0 Å². The minimum atomic E-state index is -3.38. The first-order valence-corrected chi connectivity index (χ1v) is 7.89. The quantitative estimate of drug-likeness (QED) is 0.708. The predicted octanol–water partition coefficient (Wildman–Crippen LogP) is 0.702. The van der Waals surface area contributed by atoms with Crippen LogP contribution in [0.1, 0.15) is 19.8 Å².